The lowest BCUT2D eigenvalue weighted by Crippen LogP contribution is -2.43. The molecule has 0 spiro atoms. The van der Waals surface area contributed by atoms with Gasteiger partial charge in [-0.05, 0) is 19.1 Å². The SMILES string of the molecule is CCN(N)C(=S)N(C)C.Cl. The highest BCUT2D eigenvalue weighted by Crippen LogP contribution is 1.86. The second-order valence-electron chi connectivity index (χ2n) is 1.96. The van der Waals surface area contributed by atoms with Crippen LogP contribution in [0.3, 0.4) is 0 Å². The highest BCUT2D eigenvalue weighted by molar-refractivity contribution is 7.80. The van der Waals surface area contributed by atoms with Crippen molar-refractivity contribution in [1.29, 1.82) is 0 Å². The third-order valence-corrected chi connectivity index (χ3v) is 1.57. The maximum absolute atomic E-state index is 5.47. The highest BCUT2D eigenvalue weighted by Gasteiger charge is 2.01. The van der Waals surface area contributed by atoms with E-state index in [1.54, 1.807) is 4.90 Å². The summed E-state index contributed by atoms with van der Waals surface area (Å²) in [5.41, 5.74) is 0. The van der Waals surface area contributed by atoms with Gasteiger partial charge in [-0.2, -0.15) is 0 Å². The molecule has 0 atom stereocenters. The van der Waals surface area contributed by atoms with Gasteiger partial charge in [-0.1, -0.05) is 0 Å². The molecule has 0 unspecified atom stereocenters. The lowest BCUT2D eigenvalue weighted by Gasteiger charge is -2.22. The molecular formula is C5H14ClN3S. The van der Waals surface area contributed by atoms with Crippen LogP contribution in [0.15, 0.2) is 0 Å². The molecule has 10 heavy (non-hydrogen) atoms. The summed E-state index contributed by atoms with van der Waals surface area (Å²) in [6, 6.07) is 0. The molecule has 0 saturated carbocycles. The minimum atomic E-state index is 0. The molecule has 0 radical (unpaired) electrons. The van der Waals surface area contributed by atoms with Crippen LogP contribution in [0.1, 0.15) is 6.92 Å². The largest absolute Gasteiger partial charge is 0.354 e. The van der Waals surface area contributed by atoms with Gasteiger partial charge in [0.2, 0.25) is 0 Å². The van der Waals surface area contributed by atoms with E-state index in [9.17, 15) is 0 Å². The number of hydrogen-bond donors (Lipinski definition) is 1. The standard InChI is InChI=1S/C5H13N3S.ClH/c1-4-8(6)5(9)7(2)3;/h4,6H2,1-3H3;1H. The van der Waals surface area contributed by atoms with Crippen LogP contribution in [0.4, 0.5) is 0 Å². The zero-order valence-corrected chi connectivity index (χ0v) is 8.13. The van der Waals surface area contributed by atoms with Crippen molar-refractivity contribution in [2.45, 2.75) is 6.92 Å². The molecule has 0 aromatic rings. The molecule has 0 saturated heterocycles. The molecular weight excluding hydrogens is 170 g/mol. The number of hydrogen-bond acceptors (Lipinski definition) is 2. The predicted octanol–water partition coefficient (Wildman–Crippen LogP) is 0.450. The van der Waals surface area contributed by atoms with E-state index in [0.717, 1.165) is 6.54 Å². The van der Waals surface area contributed by atoms with Crippen LogP contribution in [0.2, 0.25) is 0 Å². The van der Waals surface area contributed by atoms with Crippen molar-refractivity contribution in [3.05, 3.63) is 0 Å². The van der Waals surface area contributed by atoms with Gasteiger partial charge < -0.3 is 4.90 Å². The summed E-state index contributed by atoms with van der Waals surface area (Å²) >= 11 is 4.93. The van der Waals surface area contributed by atoms with Crippen molar-refractivity contribution >= 4 is 29.7 Å². The molecule has 0 bridgehead atoms. The summed E-state index contributed by atoms with van der Waals surface area (Å²) in [5, 5.41) is 2.19. The highest BCUT2D eigenvalue weighted by atomic mass is 35.5. The van der Waals surface area contributed by atoms with Gasteiger partial charge in [0, 0.05) is 20.6 Å². The first-order valence-corrected chi connectivity index (χ1v) is 3.24. The Kier molecular flexibility index (Phi) is 7.19. The van der Waals surface area contributed by atoms with E-state index >= 15 is 0 Å². The lowest BCUT2D eigenvalue weighted by molar-refractivity contribution is 0.408. The number of nitrogens with zero attached hydrogens (tertiary/aromatic N) is 2. The van der Waals surface area contributed by atoms with Crippen molar-refractivity contribution in [2.75, 3.05) is 20.6 Å². The van der Waals surface area contributed by atoms with Gasteiger partial charge in [0.05, 0.1) is 0 Å². The average molecular weight is 184 g/mol. The first-order chi connectivity index (χ1) is 4.09. The third kappa shape index (κ3) is 3.87. The summed E-state index contributed by atoms with van der Waals surface area (Å²) in [6.07, 6.45) is 0. The summed E-state index contributed by atoms with van der Waals surface area (Å²) in [7, 11) is 3.75. The third-order valence-electron chi connectivity index (χ3n) is 0.969. The van der Waals surface area contributed by atoms with Gasteiger partial charge in [0.15, 0.2) is 5.11 Å². The molecule has 0 aliphatic rings. The van der Waals surface area contributed by atoms with Crippen LogP contribution in [-0.2, 0) is 0 Å². The van der Waals surface area contributed by atoms with Gasteiger partial charge in [-0.3, -0.25) is 5.01 Å². The molecule has 0 amide bonds. The summed E-state index contributed by atoms with van der Waals surface area (Å²) in [6.45, 7) is 2.70. The van der Waals surface area contributed by atoms with E-state index in [0.29, 0.717) is 5.11 Å². The van der Waals surface area contributed by atoms with Crippen molar-refractivity contribution < 1.29 is 0 Å². The Bertz CT molecular complexity index is 107. The van der Waals surface area contributed by atoms with Gasteiger partial charge in [-0.15, -0.1) is 12.4 Å². The molecule has 0 rings (SSSR count). The second kappa shape index (κ2) is 5.70. The minimum Gasteiger partial charge on any atom is -0.354 e. The Labute approximate surface area is 73.5 Å². The first kappa shape index (κ1) is 12.6. The Morgan fingerprint density at radius 1 is 1.50 bits per heavy atom. The minimum absolute atomic E-state index is 0. The number of nitrogens with two attached hydrogens (primary N) is 1. The van der Waals surface area contributed by atoms with E-state index < -0.39 is 0 Å². The number of halogens is 1. The summed E-state index contributed by atoms with van der Waals surface area (Å²) < 4.78 is 0. The number of rotatable bonds is 1. The van der Waals surface area contributed by atoms with Crippen LogP contribution in [0, 0.1) is 0 Å². The molecule has 0 fully saturated rings. The molecule has 0 aromatic carbocycles. The van der Waals surface area contributed by atoms with Gasteiger partial charge in [0.1, 0.15) is 0 Å². The van der Waals surface area contributed by atoms with Crippen LogP contribution in [0.5, 0.6) is 0 Å². The van der Waals surface area contributed by atoms with Crippen molar-refractivity contribution in [3.63, 3.8) is 0 Å². The average Bonchev–Trinajstić information content (AvgIpc) is 1.84. The zero-order valence-electron chi connectivity index (χ0n) is 6.50. The molecule has 62 valence electrons. The second-order valence-corrected chi connectivity index (χ2v) is 2.33. The monoisotopic (exact) mass is 183 g/mol. The maximum Gasteiger partial charge on any atom is 0.185 e. The van der Waals surface area contributed by atoms with Crippen LogP contribution < -0.4 is 5.84 Å². The van der Waals surface area contributed by atoms with Crippen molar-refractivity contribution in [1.82, 2.24) is 9.91 Å². The quantitative estimate of drug-likeness (QED) is 0.364. The predicted molar refractivity (Wildman–Crippen MR) is 50.1 cm³/mol. The fourth-order valence-electron chi connectivity index (χ4n) is 0.392. The fourth-order valence-corrected chi connectivity index (χ4v) is 0.521. The molecule has 5 heteroatoms. The molecule has 0 aliphatic heterocycles. The van der Waals surface area contributed by atoms with Crippen LogP contribution >= 0.6 is 24.6 Å². The first-order valence-electron chi connectivity index (χ1n) is 2.83. The molecule has 3 nitrogen and oxygen atoms in total. The topological polar surface area (TPSA) is 32.5 Å². The zero-order chi connectivity index (χ0) is 7.44. The van der Waals surface area contributed by atoms with Crippen LogP contribution in [0.25, 0.3) is 0 Å². The normalized spacial score (nSPS) is 8.00. The lowest BCUT2D eigenvalue weighted by atomic mass is 10.7. The van der Waals surface area contributed by atoms with E-state index in [2.05, 4.69) is 0 Å². The van der Waals surface area contributed by atoms with Gasteiger partial charge >= 0.3 is 0 Å². The Morgan fingerprint density at radius 2 is 1.90 bits per heavy atom. The van der Waals surface area contributed by atoms with E-state index in [1.165, 1.54) is 5.01 Å². The van der Waals surface area contributed by atoms with Crippen LogP contribution in [-0.4, -0.2) is 35.7 Å². The number of thiocarbonyl (C=S) groups is 1. The van der Waals surface area contributed by atoms with E-state index in [4.69, 9.17) is 18.1 Å². The molecule has 0 aromatic heterocycles. The van der Waals surface area contributed by atoms with Crippen molar-refractivity contribution in [2.24, 2.45) is 5.84 Å². The van der Waals surface area contributed by atoms with Gasteiger partial charge in [-0.25, -0.2) is 5.84 Å². The molecule has 0 heterocycles. The van der Waals surface area contributed by atoms with E-state index in [1.807, 2.05) is 21.0 Å². The Hall–Kier alpha value is -0.0600. The van der Waals surface area contributed by atoms with Crippen molar-refractivity contribution in [3.8, 4) is 0 Å². The maximum atomic E-state index is 5.47. The number of hydrazine groups is 1. The Morgan fingerprint density at radius 3 is 2.00 bits per heavy atom. The fraction of sp³-hybridized carbons (Fsp3) is 0.800. The summed E-state index contributed by atoms with van der Waals surface area (Å²) in [4.78, 5) is 1.80. The summed E-state index contributed by atoms with van der Waals surface area (Å²) in [5.74, 6) is 5.47. The van der Waals surface area contributed by atoms with E-state index in [-0.39, 0.29) is 12.4 Å². The smallest absolute Gasteiger partial charge is 0.185 e. The molecule has 2 N–H and O–H groups in total. The molecule has 0 aliphatic carbocycles. The Balaban J connectivity index is 0. The van der Waals surface area contributed by atoms with Gasteiger partial charge in [0.25, 0.3) is 0 Å².